The van der Waals surface area contributed by atoms with Crippen molar-refractivity contribution in [3.63, 3.8) is 0 Å². The van der Waals surface area contributed by atoms with Crippen LogP contribution >= 0.6 is 0 Å². The molecule has 8 nitrogen and oxygen atoms in total. The lowest BCUT2D eigenvalue weighted by atomic mass is 10.2. The van der Waals surface area contributed by atoms with Gasteiger partial charge in [0.25, 0.3) is 10.0 Å². The summed E-state index contributed by atoms with van der Waals surface area (Å²) in [7, 11) is -3.93. The largest absolute Gasteiger partial charge is 0.326 e. The Bertz CT molecular complexity index is 1210. The number of aryl methyl sites for hydroxylation is 1. The number of anilines is 4. The van der Waals surface area contributed by atoms with Gasteiger partial charge in [0.05, 0.1) is 10.6 Å². The fourth-order valence-corrected chi connectivity index (χ4v) is 4.18. The average Bonchev–Trinajstić information content (AvgIpc) is 2.69. The van der Waals surface area contributed by atoms with E-state index >= 15 is 0 Å². The lowest BCUT2D eigenvalue weighted by molar-refractivity contribution is -0.114. The van der Waals surface area contributed by atoms with Crippen molar-refractivity contribution < 1.29 is 18.0 Å². The van der Waals surface area contributed by atoms with Crippen LogP contribution in [0.3, 0.4) is 0 Å². The Balaban J connectivity index is 1.75. The summed E-state index contributed by atoms with van der Waals surface area (Å²) in [6, 6.07) is 19.5. The Hall–Kier alpha value is -3.85. The Morgan fingerprint density at radius 1 is 0.710 bits per heavy atom. The molecule has 0 unspecified atom stereocenters. The normalized spacial score (nSPS) is 10.8. The average molecular weight is 439 g/mol. The molecule has 0 aliphatic heterocycles. The summed E-state index contributed by atoms with van der Waals surface area (Å²) in [5.74, 6) is -0.298. The Morgan fingerprint density at radius 3 is 2.03 bits per heavy atom. The molecule has 31 heavy (non-hydrogen) atoms. The van der Waals surface area contributed by atoms with Gasteiger partial charge in [-0.25, -0.2) is 13.2 Å². The second kappa shape index (κ2) is 9.31. The number of carbonyl (C=O) groups excluding carboxylic acids is 2. The molecular formula is C22H22N4O4S. The van der Waals surface area contributed by atoms with Crippen molar-refractivity contribution in [1.29, 1.82) is 0 Å². The molecular weight excluding hydrogens is 416 g/mol. The van der Waals surface area contributed by atoms with Gasteiger partial charge in [-0.2, -0.15) is 0 Å². The van der Waals surface area contributed by atoms with E-state index in [2.05, 4.69) is 20.7 Å². The molecule has 0 radical (unpaired) electrons. The number of benzene rings is 3. The molecule has 3 rings (SSSR count). The molecule has 0 saturated carbocycles. The Kier molecular flexibility index (Phi) is 6.56. The quantitative estimate of drug-likeness (QED) is 0.456. The van der Waals surface area contributed by atoms with Crippen molar-refractivity contribution in [2.24, 2.45) is 0 Å². The number of nitrogens with one attached hydrogen (secondary N) is 4. The van der Waals surface area contributed by atoms with Gasteiger partial charge in [-0.3, -0.25) is 9.52 Å². The van der Waals surface area contributed by atoms with Crippen LogP contribution in [0.4, 0.5) is 27.5 Å². The van der Waals surface area contributed by atoms with Crippen LogP contribution < -0.4 is 20.7 Å². The molecule has 0 saturated heterocycles. The van der Waals surface area contributed by atoms with Gasteiger partial charge in [-0.15, -0.1) is 0 Å². The standard InChI is InChI=1S/C22H22N4O4S/c1-15-11-12-19(23-16(2)27)14-21(15)31(29,30)26-20-10-6-9-18(13-20)25-22(28)24-17-7-4-3-5-8-17/h3-14,26H,1-2H3,(H,23,27)(H2,24,25,28). The summed E-state index contributed by atoms with van der Waals surface area (Å²) in [6.07, 6.45) is 0. The highest BCUT2D eigenvalue weighted by Crippen LogP contribution is 2.24. The molecule has 3 amide bonds. The van der Waals surface area contributed by atoms with E-state index in [4.69, 9.17) is 0 Å². The van der Waals surface area contributed by atoms with Gasteiger partial charge in [-0.05, 0) is 55.0 Å². The summed E-state index contributed by atoms with van der Waals surface area (Å²) < 4.78 is 28.3. The van der Waals surface area contributed by atoms with Crippen LogP contribution in [-0.4, -0.2) is 20.4 Å². The fourth-order valence-electron chi connectivity index (χ4n) is 2.86. The van der Waals surface area contributed by atoms with E-state index in [0.29, 0.717) is 22.6 Å². The number of sulfonamides is 1. The van der Waals surface area contributed by atoms with Crippen LogP contribution in [0, 0.1) is 6.92 Å². The molecule has 0 heterocycles. The SMILES string of the molecule is CC(=O)Nc1ccc(C)c(S(=O)(=O)Nc2cccc(NC(=O)Nc3ccccc3)c2)c1. The van der Waals surface area contributed by atoms with Gasteiger partial charge >= 0.3 is 6.03 Å². The summed E-state index contributed by atoms with van der Waals surface area (Å²) >= 11 is 0. The predicted molar refractivity (Wildman–Crippen MR) is 122 cm³/mol. The number of amides is 3. The zero-order valence-electron chi connectivity index (χ0n) is 17.0. The Labute approximate surface area is 180 Å². The summed E-state index contributed by atoms with van der Waals surface area (Å²) in [5, 5.41) is 7.93. The first-order valence-corrected chi connectivity index (χ1v) is 10.9. The van der Waals surface area contributed by atoms with Crippen molar-refractivity contribution >= 4 is 44.7 Å². The van der Waals surface area contributed by atoms with E-state index in [-0.39, 0.29) is 16.5 Å². The zero-order chi connectivity index (χ0) is 22.4. The second-order valence-electron chi connectivity index (χ2n) is 6.79. The third kappa shape index (κ3) is 6.06. The minimum atomic E-state index is -3.93. The zero-order valence-corrected chi connectivity index (χ0v) is 17.8. The predicted octanol–water partition coefficient (Wildman–Crippen LogP) is 4.40. The molecule has 0 fully saturated rings. The van der Waals surface area contributed by atoms with Crippen LogP contribution in [-0.2, 0) is 14.8 Å². The molecule has 0 spiro atoms. The van der Waals surface area contributed by atoms with E-state index in [1.165, 1.54) is 19.1 Å². The maximum absolute atomic E-state index is 12.9. The van der Waals surface area contributed by atoms with Crippen molar-refractivity contribution in [3.8, 4) is 0 Å². The first kappa shape index (κ1) is 21.8. The van der Waals surface area contributed by atoms with E-state index in [1.807, 2.05) is 6.07 Å². The van der Waals surface area contributed by atoms with Crippen molar-refractivity contribution in [1.82, 2.24) is 0 Å². The molecule has 0 bridgehead atoms. The van der Waals surface area contributed by atoms with Crippen LogP contribution in [0.15, 0.2) is 77.7 Å². The first-order chi connectivity index (χ1) is 14.7. The molecule has 0 aliphatic carbocycles. The number of carbonyl (C=O) groups is 2. The number of hydrogen-bond donors (Lipinski definition) is 4. The number of rotatable bonds is 6. The van der Waals surface area contributed by atoms with Gasteiger partial charge < -0.3 is 16.0 Å². The summed E-state index contributed by atoms with van der Waals surface area (Å²) in [5.41, 5.74) is 2.23. The van der Waals surface area contributed by atoms with Crippen molar-refractivity contribution in [2.75, 3.05) is 20.7 Å². The van der Waals surface area contributed by atoms with Crippen molar-refractivity contribution in [3.05, 3.63) is 78.4 Å². The fraction of sp³-hybridized carbons (Fsp3) is 0.0909. The monoisotopic (exact) mass is 438 g/mol. The van der Waals surface area contributed by atoms with E-state index in [0.717, 1.165) is 0 Å². The topological polar surface area (TPSA) is 116 Å². The minimum absolute atomic E-state index is 0.0407. The minimum Gasteiger partial charge on any atom is -0.326 e. The molecule has 9 heteroatoms. The highest BCUT2D eigenvalue weighted by Gasteiger charge is 2.18. The van der Waals surface area contributed by atoms with Gasteiger partial charge in [0, 0.05) is 24.0 Å². The third-order valence-corrected chi connectivity index (χ3v) is 5.73. The highest BCUT2D eigenvalue weighted by atomic mass is 32.2. The van der Waals surface area contributed by atoms with Crippen LogP contribution in [0.2, 0.25) is 0 Å². The lowest BCUT2D eigenvalue weighted by Crippen LogP contribution is -2.19. The highest BCUT2D eigenvalue weighted by molar-refractivity contribution is 7.92. The van der Waals surface area contributed by atoms with Gasteiger partial charge in [0.1, 0.15) is 0 Å². The van der Waals surface area contributed by atoms with E-state index < -0.39 is 16.1 Å². The van der Waals surface area contributed by atoms with Crippen LogP contribution in [0.5, 0.6) is 0 Å². The maximum atomic E-state index is 12.9. The van der Waals surface area contributed by atoms with Gasteiger partial charge in [0.15, 0.2) is 0 Å². The Morgan fingerprint density at radius 2 is 1.32 bits per heavy atom. The molecule has 3 aromatic carbocycles. The lowest BCUT2D eigenvalue weighted by Gasteiger charge is -2.13. The van der Waals surface area contributed by atoms with Gasteiger partial charge in [0.2, 0.25) is 5.91 Å². The smallest absolute Gasteiger partial charge is 0.323 e. The van der Waals surface area contributed by atoms with E-state index in [1.54, 1.807) is 61.5 Å². The first-order valence-electron chi connectivity index (χ1n) is 9.37. The molecule has 0 aliphatic rings. The van der Waals surface area contributed by atoms with E-state index in [9.17, 15) is 18.0 Å². The number of para-hydroxylation sites is 1. The van der Waals surface area contributed by atoms with Gasteiger partial charge in [-0.1, -0.05) is 30.3 Å². The van der Waals surface area contributed by atoms with Crippen LogP contribution in [0.25, 0.3) is 0 Å². The molecule has 3 aromatic rings. The molecule has 0 aromatic heterocycles. The number of urea groups is 1. The maximum Gasteiger partial charge on any atom is 0.323 e. The third-order valence-electron chi connectivity index (χ3n) is 4.20. The molecule has 0 atom stereocenters. The summed E-state index contributed by atoms with van der Waals surface area (Å²) in [4.78, 5) is 23.5. The molecule has 4 N–H and O–H groups in total. The second-order valence-corrected chi connectivity index (χ2v) is 8.44. The molecule has 160 valence electrons. The van der Waals surface area contributed by atoms with Crippen molar-refractivity contribution in [2.45, 2.75) is 18.7 Å². The number of hydrogen-bond acceptors (Lipinski definition) is 4. The van der Waals surface area contributed by atoms with Crippen LogP contribution in [0.1, 0.15) is 12.5 Å². The summed E-state index contributed by atoms with van der Waals surface area (Å²) in [6.45, 7) is 3.01.